The van der Waals surface area contributed by atoms with E-state index in [0.717, 1.165) is 24.1 Å². The fourth-order valence-corrected chi connectivity index (χ4v) is 3.42. The van der Waals surface area contributed by atoms with Gasteiger partial charge in [-0.2, -0.15) is 5.26 Å². The Balaban J connectivity index is 1.72. The number of nitrogens with one attached hydrogen (secondary N) is 1. The summed E-state index contributed by atoms with van der Waals surface area (Å²) in [6.45, 7) is 3.39. The van der Waals surface area contributed by atoms with Crippen molar-refractivity contribution in [2.75, 3.05) is 18.5 Å². The molecule has 2 aromatic heterocycles. The summed E-state index contributed by atoms with van der Waals surface area (Å²) in [6, 6.07) is 3.90. The first-order chi connectivity index (χ1) is 11.2. The van der Waals surface area contributed by atoms with Gasteiger partial charge in [-0.3, -0.25) is 4.79 Å². The number of hydrogen-bond acceptors (Lipinski definition) is 6. The maximum Gasteiger partial charge on any atom is 0.278 e. The van der Waals surface area contributed by atoms with Gasteiger partial charge in [-0.15, -0.1) is 11.3 Å². The molecule has 1 aliphatic rings. The van der Waals surface area contributed by atoms with Crippen molar-refractivity contribution in [2.45, 2.75) is 32.1 Å². The number of ether oxygens (including phenoxy) is 1. The summed E-state index contributed by atoms with van der Waals surface area (Å²) >= 11 is 1.41. The first kappa shape index (κ1) is 15.7. The third kappa shape index (κ3) is 3.44. The van der Waals surface area contributed by atoms with E-state index < -0.39 is 0 Å². The molecule has 1 saturated heterocycles. The lowest BCUT2D eigenvalue weighted by Crippen LogP contribution is -2.15. The topological polar surface area (TPSA) is 88.2 Å². The Kier molecular flexibility index (Phi) is 4.74. The number of nitriles is 1. The minimum absolute atomic E-state index is 0.202. The van der Waals surface area contributed by atoms with Gasteiger partial charge < -0.3 is 14.5 Å². The number of nitrogens with zero attached hydrogens (tertiary/aromatic N) is 2. The summed E-state index contributed by atoms with van der Waals surface area (Å²) in [5.41, 5.74) is 0.718. The highest BCUT2D eigenvalue weighted by Gasteiger charge is 2.23. The molecule has 7 heteroatoms. The monoisotopic (exact) mass is 331 g/mol. The van der Waals surface area contributed by atoms with Gasteiger partial charge in [0.1, 0.15) is 17.3 Å². The molecule has 0 aliphatic carbocycles. The third-order valence-electron chi connectivity index (χ3n) is 3.80. The summed E-state index contributed by atoms with van der Waals surface area (Å²) in [7, 11) is 0. The summed E-state index contributed by atoms with van der Waals surface area (Å²) in [6.07, 6.45) is 3.91. The molecule has 0 bridgehead atoms. The van der Waals surface area contributed by atoms with E-state index in [9.17, 15) is 4.79 Å². The molecule has 0 atom stereocenters. The maximum absolute atomic E-state index is 12.3. The molecule has 1 N–H and O–H groups in total. The Morgan fingerprint density at radius 2 is 2.30 bits per heavy atom. The Hall–Kier alpha value is -2.17. The lowest BCUT2D eigenvalue weighted by molar-refractivity contribution is 0.0794. The van der Waals surface area contributed by atoms with Crippen LogP contribution in [0.4, 0.5) is 5.00 Å². The van der Waals surface area contributed by atoms with Gasteiger partial charge in [0.05, 0.1) is 5.56 Å². The largest absolute Gasteiger partial charge is 0.448 e. The molecule has 6 nitrogen and oxygen atoms in total. The average molecular weight is 331 g/mol. The molecule has 2 aromatic rings. The van der Waals surface area contributed by atoms with Crippen molar-refractivity contribution < 1.29 is 13.9 Å². The minimum atomic E-state index is -0.354. The van der Waals surface area contributed by atoms with Gasteiger partial charge in [0.15, 0.2) is 11.6 Å². The normalized spacial score (nSPS) is 15.3. The molecule has 0 radical (unpaired) electrons. The molecule has 0 aromatic carbocycles. The van der Waals surface area contributed by atoms with Crippen LogP contribution in [-0.4, -0.2) is 24.1 Å². The summed E-state index contributed by atoms with van der Waals surface area (Å²) in [4.78, 5) is 17.7. The van der Waals surface area contributed by atoms with E-state index in [1.165, 1.54) is 17.6 Å². The zero-order valence-corrected chi connectivity index (χ0v) is 13.6. The fourth-order valence-electron chi connectivity index (χ4n) is 2.48. The Morgan fingerprint density at radius 1 is 1.52 bits per heavy atom. The van der Waals surface area contributed by atoms with Crippen LogP contribution in [0.3, 0.4) is 0 Å². The molecule has 120 valence electrons. The van der Waals surface area contributed by atoms with Crippen LogP contribution in [0.25, 0.3) is 0 Å². The van der Waals surface area contributed by atoms with Gasteiger partial charge >= 0.3 is 0 Å². The van der Waals surface area contributed by atoms with E-state index in [1.54, 1.807) is 6.07 Å². The van der Waals surface area contributed by atoms with Crippen LogP contribution in [0, 0.1) is 11.3 Å². The number of hydrogen-bond donors (Lipinski definition) is 1. The molecule has 3 rings (SSSR count). The molecule has 1 aliphatic heterocycles. The number of carbonyl (C=O) groups is 1. The van der Waals surface area contributed by atoms with Crippen LogP contribution >= 0.6 is 11.3 Å². The number of aryl methyl sites for hydroxylation is 1. The fraction of sp³-hybridized carbons (Fsp3) is 0.438. The van der Waals surface area contributed by atoms with Gasteiger partial charge in [0.2, 0.25) is 0 Å². The number of aromatic nitrogens is 1. The van der Waals surface area contributed by atoms with Crippen molar-refractivity contribution in [3.8, 4) is 6.07 Å². The molecule has 1 fully saturated rings. The van der Waals surface area contributed by atoms with Crippen LogP contribution in [0.5, 0.6) is 0 Å². The summed E-state index contributed by atoms with van der Waals surface area (Å²) in [5, 5.41) is 12.5. The van der Waals surface area contributed by atoms with E-state index >= 15 is 0 Å². The van der Waals surface area contributed by atoms with Crippen molar-refractivity contribution in [1.82, 2.24) is 4.98 Å². The highest BCUT2D eigenvalue weighted by Crippen LogP contribution is 2.29. The number of amides is 1. The molecule has 0 unspecified atom stereocenters. The number of thiophene rings is 1. The number of rotatable bonds is 4. The van der Waals surface area contributed by atoms with Crippen LogP contribution in [0.15, 0.2) is 16.7 Å². The summed E-state index contributed by atoms with van der Waals surface area (Å²) < 4.78 is 10.8. The second-order valence-corrected chi connectivity index (χ2v) is 6.47. The van der Waals surface area contributed by atoms with Crippen molar-refractivity contribution in [3.05, 3.63) is 34.4 Å². The van der Waals surface area contributed by atoms with Crippen molar-refractivity contribution in [3.63, 3.8) is 0 Å². The first-order valence-electron chi connectivity index (χ1n) is 7.58. The maximum atomic E-state index is 12.3. The van der Waals surface area contributed by atoms with Gasteiger partial charge in [-0.1, -0.05) is 6.92 Å². The van der Waals surface area contributed by atoms with E-state index in [4.69, 9.17) is 14.4 Å². The van der Waals surface area contributed by atoms with Gasteiger partial charge in [-0.25, -0.2) is 4.98 Å². The van der Waals surface area contributed by atoms with Crippen molar-refractivity contribution in [1.29, 1.82) is 5.26 Å². The molecular weight excluding hydrogens is 314 g/mol. The molecule has 1 amide bonds. The smallest absolute Gasteiger partial charge is 0.278 e. The van der Waals surface area contributed by atoms with E-state index in [-0.39, 0.29) is 17.5 Å². The zero-order valence-electron chi connectivity index (χ0n) is 12.8. The minimum Gasteiger partial charge on any atom is -0.448 e. The number of carbonyl (C=O) groups excluding carboxylic acids is 1. The molecule has 0 spiro atoms. The lowest BCUT2D eigenvalue weighted by Gasteiger charge is -2.18. The standard InChI is InChI=1S/C16H17N3O3S/c1-2-12-7-11(8-17)16(23-12)19-14(20)13-9-22-15(18-13)10-3-5-21-6-4-10/h7,9-10H,2-6H2,1H3,(H,19,20). The van der Waals surface area contributed by atoms with Crippen LogP contribution < -0.4 is 5.32 Å². The molecule has 3 heterocycles. The Morgan fingerprint density at radius 3 is 3.00 bits per heavy atom. The van der Waals surface area contributed by atoms with E-state index in [1.807, 2.05) is 6.92 Å². The predicted molar refractivity (Wildman–Crippen MR) is 85.7 cm³/mol. The highest BCUT2D eigenvalue weighted by atomic mass is 32.1. The first-order valence-corrected chi connectivity index (χ1v) is 8.40. The quantitative estimate of drug-likeness (QED) is 0.928. The van der Waals surface area contributed by atoms with Crippen molar-refractivity contribution >= 4 is 22.2 Å². The van der Waals surface area contributed by atoms with Crippen LogP contribution in [0.1, 0.15) is 52.5 Å². The van der Waals surface area contributed by atoms with Gasteiger partial charge in [0.25, 0.3) is 5.91 Å². The highest BCUT2D eigenvalue weighted by molar-refractivity contribution is 7.16. The SMILES string of the molecule is CCc1cc(C#N)c(NC(=O)c2coc(C3CCOCC3)n2)s1. The Labute approximate surface area is 138 Å². The second-order valence-electron chi connectivity index (χ2n) is 5.33. The lowest BCUT2D eigenvalue weighted by atomic mass is 10.0. The van der Waals surface area contributed by atoms with E-state index in [0.29, 0.717) is 29.7 Å². The summed E-state index contributed by atoms with van der Waals surface area (Å²) in [5.74, 6) is 0.431. The van der Waals surface area contributed by atoms with Gasteiger partial charge in [0, 0.05) is 24.0 Å². The predicted octanol–water partition coefficient (Wildman–Crippen LogP) is 3.32. The van der Waals surface area contributed by atoms with Crippen LogP contribution in [-0.2, 0) is 11.2 Å². The second kappa shape index (κ2) is 6.94. The molecular formula is C16H17N3O3S. The number of anilines is 1. The third-order valence-corrected chi connectivity index (χ3v) is 5.00. The molecule has 0 saturated carbocycles. The van der Waals surface area contributed by atoms with E-state index in [2.05, 4.69) is 16.4 Å². The zero-order chi connectivity index (χ0) is 16.2. The van der Waals surface area contributed by atoms with Crippen molar-refractivity contribution in [2.24, 2.45) is 0 Å². The van der Waals surface area contributed by atoms with Crippen LogP contribution in [0.2, 0.25) is 0 Å². The average Bonchev–Trinajstić information content (AvgIpc) is 3.22. The van der Waals surface area contributed by atoms with Gasteiger partial charge in [-0.05, 0) is 25.3 Å². The number of oxazole rings is 1. The Bertz CT molecular complexity index is 738. The molecule has 23 heavy (non-hydrogen) atoms.